The molecule has 1 unspecified atom stereocenters. The van der Waals surface area contributed by atoms with E-state index < -0.39 is 0 Å². The van der Waals surface area contributed by atoms with Gasteiger partial charge >= 0.3 is 0 Å². The van der Waals surface area contributed by atoms with E-state index in [1.807, 2.05) is 7.05 Å². The quantitative estimate of drug-likeness (QED) is 0.610. The molecule has 1 aromatic rings. The van der Waals surface area contributed by atoms with E-state index in [2.05, 4.69) is 21.8 Å². The molecular formula is C8H12N4. The minimum atomic E-state index is 0.450. The second kappa shape index (κ2) is 2.33. The summed E-state index contributed by atoms with van der Waals surface area (Å²) in [5.41, 5.74) is 6.84. The molecule has 0 aliphatic carbocycles. The van der Waals surface area contributed by atoms with Crippen LogP contribution >= 0.6 is 0 Å². The Labute approximate surface area is 71.4 Å². The van der Waals surface area contributed by atoms with Crippen molar-refractivity contribution in [2.45, 2.75) is 12.8 Å². The summed E-state index contributed by atoms with van der Waals surface area (Å²) in [4.78, 5) is 10.3. The van der Waals surface area contributed by atoms with Crippen LogP contribution in [0.4, 0.5) is 11.6 Å². The van der Waals surface area contributed by atoms with E-state index in [1.54, 1.807) is 0 Å². The van der Waals surface area contributed by atoms with Crippen molar-refractivity contribution in [2.75, 3.05) is 24.2 Å². The fraction of sp³-hybridized carbons (Fsp3) is 0.500. The molecule has 1 aliphatic rings. The Hall–Kier alpha value is -1.32. The summed E-state index contributed by atoms with van der Waals surface area (Å²) >= 11 is 0. The molecular weight excluding hydrogens is 152 g/mol. The average Bonchev–Trinajstić information content (AvgIpc) is 2.29. The molecule has 2 heterocycles. The van der Waals surface area contributed by atoms with Crippen LogP contribution in [0.15, 0.2) is 6.33 Å². The van der Waals surface area contributed by atoms with E-state index in [0.29, 0.717) is 11.7 Å². The molecule has 1 aliphatic heterocycles. The molecule has 0 radical (unpaired) electrons. The highest BCUT2D eigenvalue weighted by molar-refractivity contribution is 5.62. The van der Waals surface area contributed by atoms with Gasteiger partial charge in [-0.3, -0.25) is 0 Å². The van der Waals surface area contributed by atoms with Gasteiger partial charge in [0, 0.05) is 25.1 Å². The average molecular weight is 164 g/mol. The Morgan fingerprint density at radius 1 is 1.58 bits per heavy atom. The lowest BCUT2D eigenvalue weighted by Gasteiger charge is -2.09. The molecule has 0 saturated heterocycles. The predicted octanol–water partition coefficient (Wildman–Crippen LogP) is 0.612. The maximum atomic E-state index is 5.75. The van der Waals surface area contributed by atoms with Crippen molar-refractivity contribution in [1.29, 1.82) is 0 Å². The topological polar surface area (TPSA) is 55.0 Å². The molecule has 2 N–H and O–H groups in total. The number of nitrogens with zero attached hydrogens (tertiary/aromatic N) is 3. The highest BCUT2D eigenvalue weighted by atomic mass is 15.2. The molecule has 1 atom stereocenters. The molecule has 0 amide bonds. The maximum Gasteiger partial charge on any atom is 0.137 e. The molecule has 12 heavy (non-hydrogen) atoms. The Morgan fingerprint density at radius 2 is 2.33 bits per heavy atom. The van der Waals surface area contributed by atoms with Crippen LogP contribution in [-0.2, 0) is 0 Å². The smallest absolute Gasteiger partial charge is 0.137 e. The Balaban J connectivity index is 2.59. The van der Waals surface area contributed by atoms with Gasteiger partial charge in [0.1, 0.15) is 18.0 Å². The fourth-order valence-electron chi connectivity index (χ4n) is 1.76. The second-order valence-corrected chi connectivity index (χ2v) is 3.28. The van der Waals surface area contributed by atoms with E-state index in [1.165, 1.54) is 6.33 Å². The monoisotopic (exact) mass is 164 g/mol. The van der Waals surface area contributed by atoms with Crippen LogP contribution in [0.3, 0.4) is 0 Å². The van der Waals surface area contributed by atoms with E-state index >= 15 is 0 Å². The van der Waals surface area contributed by atoms with Crippen molar-refractivity contribution in [1.82, 2.24) is 9.97 Å². The highest BCUT2D eigenvalue weighted by Crippen LogP contribution is 2.35. The number of rotatable bonds is 0. The van der Waals surface area contributed by atoms with Crippen LogP contribution in [0.1, 0.15) is 18.4 Å². The van der Waals surface area contributed by atoms with Crippen LogP contribution in [-0.4, -0.2) is 23.6 Å². The lowest BCUT2D eigenvalue weighted by Crippen LogP contribution is -2.14. The zero-order valence-corrected chi connectivity index (χ0v) is 7.28. The predicted molar refractivity (Wildman–Crippen MR) is 48.1 cm³/mol. The number of nitrogen functional groups attached to an aromatic ring is 1. The van der Waals surface area contributed by atoms with Crippen LogP contribution in [0.5, 0.6) is 0 Å². The van der Waals surface area contributed by atoms with Gasteiger partial charge in [0.15, 0.2) is 0 Å². The summed E-state index contributed by atoms with van der Waals surface area (Å²) in [5.74, 6) is 2.05. The van der Waals surface area contributed by atoms with Gasteiger partial charge in [0.2, 0.25) is 0 Å². The Bertz CT molecular complexity index is 310. The van der Waals surface area contributed by atoms with Gasteiger partial charge in [-0.2, -0.15) is 0 Å². The first-order valence-corrected chi connectivity index (χ1v) is 4.01. The molecule has 0 fully saturated rings. The van der Waals surface area contributed by atoms with Gasteiger partial charge in [-0.15, -0.1) is 0 Å². The number of fused-ring (bicyclic) bond motifs is 1. The molecule has 64 valence electrons. The molecule has 4 heteroatoms. The van der Waals surface area contributed by atoms with Crippen molar-refractivity contribution in [3.05, 3.63) is 11.9 Å². The van der Waals surface area contributed by atoms with Crippen molar-refractivity contribution >= 4 is 11.6 Å². The lowest BCUT2D eigenvalue weighted by atomic mass is 10.1. The Kier molecular flexibility index (Phi) is 1.43. The van der Waals surface area contributed by atoms with Gasteiger partial charge in [0.25, 0.3) is 0 Å². The first-order valence-electron chi connectivity index (χ1n) is 4.01. The molecule has 1 aromatic heterocycles. The minimum absolute atomic E-state index is 0.450. The summed E-state index contributed by atoms with van der Waals surface area (Å²) in [5, 5.41) is 0. The first-order chi connectivity index (χ1) is 5.70. The third kappa shape index (κ3) is 0.841. The number of likely N-dealkylation sites (N-methyl/N-ethyl adjacent to an activating group) is 1. The number of hydrogen-bond donors (Lipinski definition) is 1. The Morgan fingerprint density at radius 3 is 3.00 bits per heavy atom. The number of hydrogen-bond acceptors (Lipinski definition) is 4. The van der Waals surface area contributed by atoms with Crippen molar-refractivity contribution in [3.63, 3.8) is 0 Å². The standard InChI is InChI=1S/C8H12N4/c1-5-3-12(2)8-6(5)7(9)10-4-11-8/h4-5H,3H2,1-2H3,(H2,9,10,11). The van der Waals surface area contributed by atoms with Crippen molar-refractivity contribution in [3.8, 4) is 0 Å². The van der Waals surface area contributed by atoms with E-state index in [9.17, 15) is 0 Å². The summed E-state index contributed by atoms with van der Waals surface area (Å²) in [6, 6.07) is 0. The minimum Gasteiger partial charge on any atom is -0.383 e. The normalized spacial score (nSPS) is 21.2. The van der Waals surface area contributed by atoms with E-state index in [-0.39, 0.29) is 0 Å². The third-order valence-electron chi connectivity index (χ3n) is 2.30. The molecule has 0 saturated carbocycles. The first kappa shape index (κ1) is 7.34. The zero-order chi connectivity index (χ0) is 8.72. The van der Waals surface area contributed by atoms with Gasteiger partial charge in [-0.05, 0) is 0 Å². The van der Waals surface area contributed by atoms with Crippen LogP contribution in [0.25, 0.3) is 0 Å². The number of nitrogens with two attached hydrogens (primary N) is 1. The molecule has 0 aromatic carbocycles. The second-order valence-electron chi connectivity index (χ2n) is 3.28. The van der Waals surface area contributed by atoms with E-state index in [0.717, 1.165) is 17.9 Å². The summed E-state index contributed by atoms with van der Waals surface area (Å²) < 4.78 is 0. The third-order valence-corrected chi connectivity index (χ3v) is 2.30. The largest absolute Gasteiger partial charge is 0.383 e. The molecule has 0 bridgehead atoms. The summed E-state index contributed by atoms with van der Waals surface area (Å²) in [6.07, 6.45) is 1.52. The summed E-state index contributed by atoms with van der Waals surface area (Å²) in [7, 11) is 2.02. The van der Waals surface area contributed by atoms with Gasteiger partial charge in [-0.25, -0.2) is 9.97 Å². The van der Waals surface area contributed by atoms with Gasteiger partial charge < -0.3 is 10.6 Å². The van der Waals surface area contributed by atoms with Crippen LogP contribution in [0.2, 0.25) is 0 Å². The number of aromatic nitrogens is 2. The van der Waals surface area contributed by atoms with E-state index in [4.69, 9.17) is 5.73 Å². The maximum absolute atomic E-state index is 5.75. The van der Waals surface area contributed by atoms with Crippen LogP contribution in [0, 0.1) is 0 Å². The van der Waals surface area contributed by atoms with Gasteiger partial charge in [0.05, 0.1) is 0 Å². The van der Waals surface area contributed by atoms with Crippen molar-refractivity contribution in [2.24, 2.45) is 0 Å². The van der Waals surface area contributed by atoms with Crippen LogP contribution < -0.4 is 10.6 Å². The van der Waals surface area contributed by atoms with Gasteiger partial charge in [-0.1, -0.05) is 6.92 Å². The molecule has 2 rings (SSSR count). The zero-order valence-electron chi connectivity index (χ0n) is 7.28. The lowest BCUT2D eigenvalue weighted by molar-refractivity contribution is 0.796. The summed E-state index contributed by atoms with van der Waals surface area (Å²) in [6.45, 7) is 3.13. The molecule has 4 nitrogen and oxygen atoms in total. The molecule has 0 spiro atoms. The number of anilines is 2. The highest BCUT2D eigenvalue weighted by Gasteiger charge is 2.26. The fourth-order valence-corrected chi connectivity index (χ4v) is 1.76. The SMILES string of the molecule is CC1CN(C)c2ncnc(N)c21. The van der Waals surface area contributed by atoms with Crippen molar-refractivity contribution < 1.29 is 0 Å².